The lowest BCUT2D eigenvalue weighted by Crippen LogP contribution is -2.14. The van der Waals surface area contributed by atoms with Crippen LogP contribution in [-0.4, -0.2) is 38.8 Å². The molecule has 0 heterocycles. The van der Waals surface area contributed by atoms with Gasteiger partial charge in [0.15, 0.2) is 0 Å². The number of unbranched alkanes of at least 4 members (excludes halogenated alkanes) is 1. The van der Waals surface area contributed by atoms with Gasteiger partial charge in [0.2, 0.25) is 0 Å². The van der Waals surface area contributed by atoms with Crippen molar-refractivity contribution < 1.29 is 4.74 Å². The van der Waals surface area contributed by atoms with Crippen LogP contribution < -0.4 is 0 Å². The van der Waals surface area contributed by atoms with Crippen molar-refractivity contribution in [1.82, 2.24) is 4.90 Å². The Hall–Kier alpha value is -0.0800. The van der Waals surface area contributed by atoms with Gasteiger partial charge in [-0.2, -0.15) is 0 Å². The van der Waals surface area contributed by atoms with Gasteiger partial charge in [-0.1, -0.05) is 26.7 Å². The summed E-state index contributed by atoms with van der Waals surface area (Å²) in [6.07, 6.45) is 5.02. The highest BCUT2D eigenvalue weighted by atomic mass is 16.5. The summed E-state index contributed by atoms with van der Waals surface area (Å²) in [4.78, 5) is 2.20. The van der Waals surface area contributed by atoms with Gasteiger partial charge >= 0.3 is 0 Å². The van der Waals surface area contributed by atoms with E-state index in [4.69, 9.17) is 4.74 Å². The van der Waals surface area contributed by atoms with Crippen molar-refractivity contribution >= 4 is 0 Å². The van der Waals surface area contributed by atoms with Gasteiger partial charge < -0.3 is 9.64 Å². The molecule has 0 rings (SSSR count). The van der Waals surface area contributed by atoms with E-state index in [0.717, 1.165) is 32.1 Å². The van der Waals surface area contributed by atoms with Crippen LogP contribution in [0.1, 0.15) is 39.5 Å². The molecule has 0 aliphatic carbocycles. The fourth-order valence-electron chi connectivity index (χ4n) is 1.34. The van der Waals surface area contributed by atoms with Gasteiger partial charge in [0.05, 0.1) is 0 Å². The van der Waals surface area contributed by atoms with Crippen LogP contribution in [0.5, 0.6) is 0 Å². The summed E-state index contributed by atoms with van der Waals surface area (Å²) < 4.78 is 5.54. The predicted octanol–water partition coefficient (Wildman–Crippen LogP) is 2.78. The van der Waals surface area contributed by atoms with Gasteiger partial charge in [-0.05, 0) is 39.4 Å². The van der Waals surface area contributed by atoms with Gasteiger partial charge in [-0.15, -0.1) is 0 Å². The summed E-state index contributed by atoms with van der Waals surface area (Å²) in [5.41, 5.74) is 0. The van der Waals surface area contributed by atoms with Gasteiger partial charge in [0.25, 0.3) is 0 Å². The first-order valence-corrected chi connectivity index (χ1v) is 5.85. The van der Waals surface area contributed by atoms with Gasteiger partial charge in [-0.3, -0.25) is 0 Å². The average Bonchev–Trinajstić information content (AvgIpc) is 2.08. The van der Waals surface area contributed by atoms with Crippen LogP contribution in [0.2, 0.25) is 0 Å². The topological polar surface area (TPSA) is 12.5 Å². The first kappa shape index (κ1) is 13.9. The second kappa shape index (κ2) is 9.47. The monoisotopic (exact) mass is 201 g/mol. The first-order valence-electron chi connectivity index (χ1n) is 5.85. The summed E-state index contributed by atoms with van der Waals surface area (Å²) in [5, 5.41) is 0. The van der Waals surface area contributed by atoms with Crippen molar-refractivity contribution in [3.63, 3.8) is 0 Å². The molecule has 86 valence electrons. The molecular weight excluding hydrogens is 174 g/mol. The quantitative estimate of drug-likeness (QED) is 0.532. The summed E-state index contributed by atoms with van der Waals surface area (Å²) in [7, 11) is 4.20. The molecule has 0 aromatic carbocycles. The molecule has 0 saturated heterocycles. The van der Waals surface area contributed by atoms with E-state index in [2.05, 4.69) is 32.8 Å². The Balaban J connectivity index is 2.92. The third-order valence-corrected chi connectivity index (χ3v) is 2.21. The van der Waals surface area contributed by atoms with Crippen molar-refractivity contribution in [2.75, 3.05) is 33.9 Å². The molecule has 0 saturated carbocycles. The van der Waals surface area contributed by atoms with E-state index in [9.17, 15) is 0 Å². The van der Waals surface area contributed by atoms with E-state index in [1.54, 1.807) is 0 Å². The highest BCUT2D eigenvalue weighted by molar-refractivity contribution is 4.47. The van der Waals surface area contributed by atoms with Gasteiger partial charge in [0, 0.05) is 13.2 Å². The molecule has 0 aromatic heterocycles. The van der Waals surface area contributed by atoms with E-state index in [1.165, 1.54) is 19.3 Å². The summed E-state index contributed by atoms with van der Waals surface area (Å²) >= 11 is 0. The third kappa shape index (κ3) is 11.9. The molecule has 0 fully saturated rings. The summed E-state index contributed by atoms with van der Waals surface area (Å²) in [6, 6.07) is 0. The minimum atomic E-state index is 0.837. The van der Waals surface area contributed by atoms with E-state index in [1.807, 2.05) is 0 Å². The van der Waals surface area contributed by atoms with Crippen molar-refractivity contribution in [3.8, 4) is 0 Å². The largest absolute Gasteiger partial charge is 0.381 e. The first-order chi connectivity index (χ1) is 6.63. The highest BCUT2D eigenvalue weighted by Gasteiger charge is 1.95. The molecule has 14 heavy (non-hydrogen) atoms. The Morgan fingerprint density at radius 3 is 2.21 bits per heavy atom. The minimum Gasteiger partial charge on any atom is -0.381 e. The molecule has 0 aliphatic rings. The lowest BCUT2D eigenvalue weighted by molar-refractivity contribution is 0.121. The Bertz CT molecular complexity index is 98.9. The average molecular weight is 201 g/mol. The number of hydrogen-bond donors (Lipinski definition) is 0. The molecule has 0 N–H and O–H groups in total. The van der Waals surface area contributed by atoms with Crippen LogP contribution in [0.4, 0.5) is 0 Å². The van der Waals surface area contributed by atoms with Gasteiger partial charge in [0.1, 0.15) is 0 Å². The Labute approximate surface area is 89.6 Å². The lowest BCUT2D eigenvalue weighted by atomic mass is 10.1. The van der Waals surface area contributed by atoms with Crippen LogP contribution in [0.15, 0.2) is 0 Å². The normalized spacial score (nSPS) is 11.6. The fraction of sp³-hybridized carbons (Fsp3) is 1.00. The van der Waals surface area contributed by atoms with Crippen LogP contribution >= 0.6 is 0 Å². The standard InChI is InChI=1S/C12H27NO/c1-12(2)8-5-6-10-14-11-7-9-13(3)4/h12H,5-11H2,1-4H3. The fourth-order valence-corrected chi connectivity index (χ4v) is 1.34. The molecule has 0 amide bonds. The second-order valence-electron chi connectivity index (χ2n) is 4.66. The Morgan fingerprint density at radius 2 is 1.64 bits per heavy atom. The highest BCUT2D eigenvalue weighted by Crippen LogP contribution is 2.05. The molecule has 0 bridgehead atoms. The number of hydrogen-bond acceptors (Lipinski definition) is 2. The molecule has 0 aromatic rings. The zero-order valence-corrected chi connectivity index (χ0v) is 10.4. The van der Waals surface area contributed by atoms with Crippen molar-refractivity contribution in [2.45, 2.75) is 39.5 Å². The Kier molecular flexibility index (Phi) is 9.42. The van der Waals surface area contributed by atoms with Crippen molar-refractivity contribution in [1.29, 1.82) is 0 Å². The van der Waals surface area contributed by atoms with Crippen molar-refractivity contribution in [3.05, 3.63) is 0 Å². The molecule has 2 nitrogen and oxygen atoms in total. The Morgan fingerprint density at radius 1 is 1.00 bits per heavy atom. The maximum Gasteiger partial charge on any atom is 0.0478 e. The zero-order valence-electron chi connectivity index (χ0n) is 10.4. The van der Waals surface area contributed by atoms with Crippen LogP contribution in [0.3, 0.4) is 0 Å². The predicted molar refractivity (Wildman–Crippen MR) is 62.7 cm³/mol. The van der Waals surface area contributed by atoms with Gasteiger partial charge in [-0.25, -0.2) is 0 Å². The maximum absolute atomic E-state index is 5.54. The van der Waals surface area contributed by atoms with E-state index >= 15 is 0 Å². The summed E-state index contributed by atoms with van der Waals surface area (Å²) in [5.74, 6) is 0.837. The molecule has 0 radical (unpaired) electrons. The smallest absolute Gasteiger partial charge is 0.0478 e. The van der Waals surface area contributed by atoms with E-state index in [-0.39, 0.29) is 0 Å². The molecule has 2 heteroatoms. The second-order valence-corrected chi connectivity index (χ2v) is 4.66. The molecule has 0 aliphatic heterocycles. The zero-order chi connectivity index (χ0) is 10.8. The van der Waals surface area contributed by atoms with E-state index < -0.39 is 0 Å². The number of rotatable bonds is 9. The lowest BCUT2D eigenvalue weighted by Gasteiger charge is -2.09. The summed E-state index contributed by atoms with van der Waals surface area (Å²) in [6.45, 7) is 7.54. The van der Waals surface area contributed by atoms with Crippen LogP contribution in [-0.2, 0) is 4.74 Å². The molecular formula is C12H27NO. The minimum absolute atomic E-state index is 0.837. The maximum atomic E-state index is 5.54. The van der Waals surface area contributed by atoms with Crippen LogP contribution in [0.25, 0.3) is 0 Å². The third-order valence-electron chi connectivity index (χ3n) is 2.21. The van der Waals surface area contributed by atoms with Crippen molar-refractivity contribution in [2.24, 2.45) is 5.92 Å². The SMILES string of the molecule is CC(C)CCCCOCCCN(C)C. The molecule has 0 atom stereocenters. The van der Waals surface area contributed by atoms with Crippen LogP contribution in [0, 0.1) is 5.92 Å². The number of ether oxygens (including phenoxy) is 1. The molecule has 0 unspecified atom stereocenters. The van der Waals surface area contributed by atoms with E-state index in [0.29, 0.717) is 0 Å². The molecule has 0 spiro atoms. The number of nitrogens with zero attached hydrogens (tertiary/aromatic N) is 1.